The first-order chi connectivity index (χ1) is 9.90. The normalized spacial score (nSPS) is 10.8. The standard InChI is InChI=1S/C15H14BrFN2O2/c1-8(2)14-18-12(7-13(16)19-14)9-4-10(15(20)21-3)6-11(17)5-9/h4-8H,1-3H3. The maximum Gasteiger partial charge on any atom is 0.337 e. The molecule has 0 unspecified atom stereocenters. The summed E-state index contributed by atoms with van der Waals surface area (Å²) in [6, 6.07) is 5.69. The van der Waals surface area contributed by atoms with Gasteiger partial charge < -0.3 is 4.74 Å². The minimum Gasteiger partial charge on any atom is -0.465 e. The molecular weight excluding hydrogens is 339 g/mol. The lowest BCUT2D eigenvalue weighted by Gasteiger charge is -2.09. The highest BCUT2D eigenvalue weighted by Gasteiger charge is 2.13. The molecule has 21 heavy (non-hydrogen) atoms. The highest BCUT2D eigenvalue weighted by atomic mass is 79.9. The average Bonchev–Trinajstić information content (AvgIpc) is 2.45. The van der Waals surface area contributed by atoms with E-state index in [2.05, 4.69) is 30.6 Å². The maximum atomic E-state index is 13.7. The third-order valence-corrected chi connectivity index (χ3v) is 3.25. The Bertz CT molecular complexity index is 689. The van der Waals surface area contributed by atoms with Crippen molar-refractivity contribution in [1.82, 2.24) is 9.97 Å². The van der Waals surface area contributed by atoms with Crippen LogP contribution in [0.2, 0.25) is 0 Å². The molecule has 1 heterocycles. The van der Waals surface area contributed by atoms with Crippen LogP contribution in [0, 0.1) is 5.82 Å². The van der Waals surface area contributed by atoms with Crippen molar-refractivity contribution < 1.29 is 13.9 Å². The van der Waals surface area contributed by atoms with E-state index in [0.29, 0.717) is 21.7 Å². The molecular formula is C15H14BrFN2O2. The fourth-order valence-electron chi connectivity index (χ4n) is 1.81. The zero-order chi connectivity index (χ0) is 15.6. The summed E-state index contributed by atoms with van der Waals surface area (Å²) in [5.41, 5.74) is 1.19. The number of hydrogen-bond donors (Lipinski definition) is 0. The van der Waals surface area contributed by atoms with E-state index in [9.17, 15) is 9.18 Å². The molecule has 4 nitrogen and oxygen atoms in total. The minimum absolute atomic E-state index is 0.134. The third kappa shape index (κ3) is 3.64. The molecule has 0 saturated heterocycles. The highest BCUT2D eigenvalue weighted by Crippen LogP contribution is 2.25. The van der Waals surface area contributed by atoms with Crippen LogP contribution in [-0.4, -0.2) is 23.0 Å². The van der Waals surface area contributed by atoms with Crippen LogP contribution in [0.25, 0.3) is 11.3 Å². The maximum absolute atomic E-state index is 13.7. The Morgan fingerprint density at radius 2 is 1.95 bits per heavy atom. The minimum atomic E-state index is -0.590. The summed E-state index contributed by atoms with van der Waals surface area (Å²) in [5, 5.41) is 0. The molecule has 0 aliphatic carbocycles. The van der Waals surface area contributed by atoms with Gasteiger partial charge in [0.05, 0.1) is 18.4 Å². The molecule has 110 valence electrons. The van der Waals surface area contributed by atoms with Gasteiger partial charge in [-0.1, -0.05) is 13.8 Å². The van der Waals surface area contributed by atoms with E-state index in [1.54, 1.807) is 12.1 Å². The lowest BCUT2D eigenvalue weighted by atomic mass is 10.1. The van der Waals surface area contributed by atoms with Crippen LogP contribution in [-0.2, 0) is 4.74 Å². The smallest absolute Gasteiger partial charge is 0.337 e. The molecule has 2 rings (SSSR count). The molecule has 1 aromatic heterocycles. The Labute approximate surface area is 130 Å². The number of methoxy groups -OCH3 is 1. The molecule has 0 amide bonds. The fourth-order valence-corrected chi connectivity index (χ4v) is 2.21. The summed E-state index contributed by atoms with van der Waals surface area (Å²) < 4.78 is 18.9. The van der Waals surface area contributed by atoms with Gasteiger partial charge >= 0.3 is 5.97 Å². The molecule has 0 bridgehead atoms. The molecule has 0 N–H and O–H groups in total. The molecule has 6 heteroatoms. The molecule has 0 aliphatic heterocycles. The number of ether oxygens (including phenoxy) is 1. The van der Waals surface area contributed by atoms with Crippen molar-refractivity contribution in [3.8, 4) is 11.3 Å². The van der Waals surface area contributed by atoms with Gasteiger partial charge in [0.25, 0.3) is 0 Å². The monoisotopic (exact) mass is 352 g/mol. The second-order valence-corrected chi connectivity index (χ2v) is 5.62. The van der Waals surface area contributed by atoms with Gasteiger partial charge in [-0.05, 0) is 40.2 Å². The van der Waals surface area contributed by atoms with Crippen LogP contribution in [0.4, 0.5) is 4.39 Å². The lowest BCUT2D eigenvalue weighted by molar-refractivity contribution is 0.0600. The Kier molecular flexibility index (Phi) is 4.67. The van der Waals surface area contributed by atoms with Crippen LogP contribution in [0.1, 0.15) is 35.9 Å². The molecule has 0 radical (unpaired) electrons. The van der Waals surface area contributed by atoms with Crippen molar-refractivity contribution in [3.05, 3.63) is 46.1 Å². The fraction of sp³-hybridized carbons (Fsp3) is 0.267. The molecule has 1 aromatic carbocycles. The van der Waals surface area contributed by atoms with Crippen molar-refractivity contribution in [2.45, 2.75) is 19.8 Å². The Morgan fingerprint density at radius 3 is 2.57 bits per heavy atom. The summed E-state index contributed by atoms with van der Waals surface area (Å²) in [6.07, 6.45) is 0. The van der Waals surface area contributed by atoms with Crippen molar-refractivity contribution in [1.29, 1.82) is 0 Å². The molecule has 0 spiro atoms. The number of halogens is 2. The Balaban J connectivity index is 2.56. The number of hydrogen-bond acceptors (Lipinski definition) is 4. The van der Waals surface area contributed by atoms with Gasteiger partial charge in [0.15, 0.2) is 0 Å². The van der Waals surface area contributed by atoms with Gasteiger partial charge in [-0.25, -0.2) is 19.2 Å². The highest BCUT2D eigenvalue weighted by molar-refractivity contribution is 9.10. The number of carbonyl (C=O) groups excluding carboxylic acids is 1. The molecule has 0 fully saturated rings. The van der Waals surface area contributed by atoms with Gasteiger partial charge in [-0.3, -0.25) is 0 Å². The van der Waals surface area contributed by atoms with E-state index in [1.165, 1.54) is 13.2 Å². The van der Waals surface area contributed by atoms with Crippen molar-refractivity contribution in [3.63, 3.8) is 0 Å². The van der Waals surface area contributed by atoms with E-state index in [1.807, 2.05) is 13.8 Å². The SMILES string of the molecule is COC(=O)c1cc(F)cc(-c2cc(Br)nc(C(C)C)n2)c1. The molecule has 2 aromatic rings. The average molecular weight is 353 g/mol. The van der Waals surface area contributed by atoms with E-state index < -0.39 is 11.8 Å². The Hall–Kier alpha value is -1.82. The van der Waals surface area contributed by atoms with Crippen molar-refractivity contribution in [2.24, 2.45) is 0 Å². The van der Waals surface area contributed by atoms with Gasteiger partial charge in [0.2, 0.25) is 0 Å². The van der Waals surface area contributed by atoms with E-state index >= 15 is 0 Å². The van der Waals surface area contributed by atoms with Crippen LogP contribution in [0.3, 0.4) is 0 Å². The number of rotatable bonds is 3. The van der Waals surface area contributed by atoms with E-state index in [4.69, 9.17) is 0 Å². The third-order valence-electron chi connectivity index (χ3n) is 2.84. The summed E-state index contributed by atoms with van der Waals surface area (Å²) in [5.74, 6) is -0.333. The zero-order valence-electron chi connectivity index (χ0n) is 11.9. The van der Waals surface area contributed by atoms with Crippen molar-refractivity contribution in [2.75, 3.05) is 7.11 Å². The van der Waals surface area contributed by atoms with Crippen LogP contribution in [0.15, 0.2) is 28.9 Å². The first kappa shape index (κ1) is 15.6. The first-order valence-electron chi connectivity index (χ1n) is 6.34. The van der Waals surface area contributed by atoms with E-state index in [0.717, 1.165) is 6.07 Å². The Morgan fingerprint density at radius 1 is 1.24 bits per heavy atom. The lowest BCUT2D eigenvalue weighted by Crippen LogP contribution is -2.03. The predicted molar refractivity (Wildman–Crippen MR) is 80.6 cm³/mol. The number of aromatic nitrogens is 2. The first-order valence-corrected chi connectivity index (χ1v) is 7.13. The molecule has 0 saturated carbocycles. The van der Waals surface area contributed by atoms with Gasteiger partial charge in [-0.15, -0.1) is 0 Å². The number of carbonyl (C=O) groups is 1. The number of nitrogens with zero attached hydrogens (tertiary/aromatic N) is 2. The van der Waals surface area contributed by atoms with Gasteiger partial charge in [0, 0.05) is 11.5 Å². The molecule has 0 aliphatic rings. The number of benzene rings is 1. The quantitative estimate of drug-likeness (QED) is 0.619. The van der Waals surface area contributed by atoms with Crippen LogP contribution in [0.5, 0.6) is 0 Å². The zero-order valence-corrected chi connectivity index (χ0v) is 13.4. The summed E-state index contributed by atoms with van der Waals surface area (Å²) >= 11 is 3.32. The van der Waals surface area contributed by atoms with Gasteiger partial charge in [0.1, 0.15) is 16.2 Å². The summed E-state index contributed by atoms with van der Waals surface area (Å²) in [4.78, 5) is 20.2. The van der Waals surface area contributed by atoms with Gasteiger partial charge in [-0.2, -0.15) is 0 Å². The topological polar surface area (TPSA) is 52.1 Å². The molecule has 0 atom stereocenters. The number of esters is 1. The largest absolute Gasteiger partial charge is 0.465 e. The summed E-state index contributed by atoms with van der Waals surface area (Å²) in [7, 11) is 1.26. The summed E-state index contributed by atoms with van der Waals surface area (Å²) in [6.45, 7) is 3.94. The van der Waals surface area contributed by atoms with E-state index in [-0.39, 0.29) is 11.5 Å². The second-order valence-electron chi connectivity index (χ2n) is 4.81. The predicted octanol–water partition coefficient (Wildman–Crippen LogP) is 3.96. The second kappa shape index (κ2) is 6.30. The van der Waals surface area contributed by atoms with Crippen molar-refractivity contribution >= 4 is 21.9 Å². The van der Waals surface area contributed by atoms with Crippen LogP contribution < -0.4 is 0 Å². The van der Waals surface area contributed by atoms with Crippen LogP contribution >= 0.6 is 15.9 Å².